The summed E-state index contributed by atoms with van der Waals surface area (Å²) in [4.78, 5) is 57.2. The van der Waals surface area contributed by atoms with Crippen molar-refractivity contribution >= 4 is 29.3 Å². The Morgan fingerprint density at radius 1 is 1.19 bits per heavy atom. The molecule has 0 aliphatic heterocycles. The zero-order valence-electron chi connectivity index (χ0n) is 14.1. The molecule has 0 fully saturated rings. The van der Waals surface area contributed by atoms with Gasteiger partial charge in [0.05, 0.1) is 0 Å². The van der Waals surface area contributed by atoms with Gasteiger partial charge in [-0.3, -0.25) is 4.98 Å². The van der Waals surface area contributed by atoms with Gasteiger partial charge in [0.25, 0.3) is 0 Å². The highest BCUT2D eigenvalue weighted by Crippen LogP contribution is 2.64. The van der Waals surface area contributed by atoms with Gasteiger partial charge in [0.15, 0.2) is 0 Å². The van der Waals surface area contributed by atoms with E-state index < -0.39 is 23.5 Å². The van der Waals surface area contributed by atoms with Gasteiger partial charge in [-0.05, 0) is 19.4 Å². The van der Waals surface area contributed by atoms with Gasteiger partial charge in [-0.1, -0.05) is 18.6 Å². The maximum Gasteiger partial charge on any atom is 0.490 e. The van der Waals surface area contributed by atoms with Crippen LogP contribution in [0.3, 0.4) is 0 Å². The lowest BCUT2D eigenvalue weighted by Gasteiger charge is -2.11. The smallest absolute Gasteiger partial charge is 0.368 e. The number of hydrogen-bond acceptors (Lipinski definition) is 8. The number of anilines is 1. The first-order valence-corrected chi connectivity index (χ1v) is 11.5. The van der Waals surface area contributed by atoms with E-state index in [1.807, 2.05) is 0 Å². The lowest BCUT2D eigenvalue weighted by molar-refractivity contribution is 0.204. The number of H-pyrrole nitrogens is 1. The molecule has 0 bridgehead atoms. The first kappa shape index (κ1) is 25.8. The standard InChI is InChI=1S/C10H15N3O.H5O10P3/c1-3-8(2)4-6-11-9-5-7-12-10(14)13-9;1-11(2,3)9-13(7,8)10-12(4,5)6/h4-5,7H,3,6H2,1-2H3,(H2,11,12,13,14);(H,7,8)(H2,1,2,3)(H2,4,5,6). The summed E-state index contributed by atoms with van der Waals surface area (Å²) < 4.78 is 36.4. The molecule has 0 radical (unpaired) electrons. The molecular formula is C10H20N3O11P3. The summed E-state index contributed by atoms with van der Waals surface area (Å²) in [5, 5.41) is 3.08. The first-order chi connectivity index (χ1) is 12.1. The second-order valence-corrected chi connectivity index (χ2v) is 8.89. The Kier molecular flexibility index (Phi) is 10.5. The number of allylic oxidation sites excluding steroid dienone is 1. The van der Waals surface area contributed by atoms with E-state index in [1.165, 1.54) is 11.8 Å². The molecule has 0 unspecified atom stereocenters. The molecule has 0 aliphatic rings. The van der Waals surface area contributed by atoms with Crippen LogP contribution in [-0.4, -0.2) is 41.0 Å². The molecule has 7 N–H and O–H groups in total. The zero-order chi connectivity index (χ0) is 21.3. The number of aromatic amines is 1. The number of nitrogens with one attached hydrogen (secondary N) is 2. The normalized spacial score (nSPS) is 12.9. The molecule has 0 saturated carbocycles. The summed E-state index contributed by atoms with van der Waals surface area (Å²) in [6, 6.07) is 1.73. The highest BCUT2D eigenvalue weighted by Gasteiger charge is 2.38. The van der Waals surface area contributed by atoms with Crippen LogP contribution in [0.5, 0.6) is 0 Å². The molecule has 0 saturated heterocycles. The van der Waals surface area contributed by atoms with Gasteiger partial charge < -0.3 is 29.8 Å². The minimum Gasteiger partial charge on any atom is -0.368 e. The molecule has 0 atom stereocenters. The van der Waals surface area contributed by atoms with Crippen LogP contribution in [0.25, 0.3) is 0 Å². The van der Waals surface area contributed by atoms with E-state index in [-0.39, 0.29) is 5.69 Å². The fourth-order valence-corrected chi connectivity index (χ4v) is 3.77. The van der Waals surface area contributed by atoms with Crippen molar-refractivity contribution in [3.05, 3.63) is 34.4 Å². The zero-order valence-corrected chi connectivity index (χ0v) is 16.8. The minimum absolute atomic E-state index is 0.328. The molecule has 0 aliphatic carbocycles. The van der Waals surface area contributed by atoms with Gasteiger partial charge >= 0.3 is 29.2 Å². The molecule has 0 spiro atoms. The van der Waals surface area contributed by atoms with Crippen molar-refractivity contribution in [2.45, 2.75) is 20.3 Å². The Morgan fingerprint density at radius 3 is 2.11 bits per heavy atom. The van der Waals surface area contributed by atoms with Gasteiger partial charge in [0.1, 0.15) is 5.82 Å². The summed E-state index contributed by atoms with van der Waals surface area (Å²) in [5.74, 6) is 0.699. The van der Waals surface area contributed by atoms with E-state index in [9.17, 15) is 18.5 Å². The largest absolute Gasteiger partial charge is 0.490 e. The SMILES string of the molecule is CCC(C)=CCNc1ccnc(=O)[nH]1.O=P(O)(O)OP(=O)(O)OP(=O)(O)O. The third-order valence-electron chi connectivity index (χ3n) is 2.39. The first-order valence-electron chi connectivity index (χ1n) is 6.95. The van der Waals surface area contributed by atoms with Gasteiger partial charge in [-0.15, -0.1) is 0 Å². The third kappa shape index (κ3) is 15.6. The maximum atomic E-state index is 10.8. The average molecular weight is 451 g/mol. The Labute approximate surface area is 153 Å². The lowest BCUT2D eigenvalue weighted by Crippen LogP contribution is -2.12. The maximum absolute atomic E-state index is 10.8. The summed E-state index contributed by atoms with van der Waals surface area (Å²) >= 11 is 0. The summed E-state index contributed by atoms with van der Waals surface area (Å²) in [7, 11) is -16.2. The Hall–Kier alpha value is -1.17. The molecular weight excluding hydrogens is 431 g/mol. The predicted molar refractivity (Wildman–Crippen MR) is 93.5 cm³/mol. The van der Waals surface area contributed by atoms with Gasteiger partial charge in [0.2, 0.25) is 0 Å². The Bertz CT molecular complexity index is 799. The van der Waals surface area contributed by atoms with Gasteiger partial charge in [0, 0.05) is 12.7 Å². The van der Waals surface area contributed by atoms with Crippen molar-refractivity contribution < 1.29 is 46.8 Å². The Morgan fingerprint density at radius 2 is 1.70 bits per heavy atom. The molecule has 1 aromatic heterocycles. The van der Waals surface area contributed by atoms with E-state index in [2.05, 4.69) is 43.8 Å². The van der Waals surface area contributed by atoms with Crippen molar-refractivity contribution in [1.29, 1.82) is 0 Å². The van der Waals surface area contributed by atoms with E-state index in [1.54, 1.807) is 6.07 Å². The molecule has 0 amide bonds. The fraction of sp³-hybridized carbons (Fsp3) is 0.400. The molecule has 0 aromatic carbocycles. The van der Waals surface area contributed by atoms with Crippen LogP contribution in [0, 0.1) is 0 Å². The molecule has 14 nitrogen and oxygen atoms in total. The summed E-state index contributed by atoms with van der Waals surface area (Å²) in [6.07, 6.45) is 4.63. The van der Waals surface area contributed by atoms with Crippen molar-refractivity contribution in [2.75, 3.05) is 11.9 Å². The number of rotatable bonds is 8. The van der Waals surface area contributed by atoms with Crippen LogP contribution in [0.4, 0.5) is 5.82 Å². The van der Waals surface area contributed by atoms with E-state index in [4.69, 9.17) is 24.5 Å². The monoisotopic (exact) mass is 451 g/mol. The second-order valence-electron chi connectivity index (χ2n) is 4.69. The minimum atomic E-state index is -5.46. The van der Waals surface area contributed by atoms with Crippen molar-refractivity contribution in [3.63, 3.8) is 0 Å². The van der Waals surface area contributed by atoms with Crippen molar-refractivity contribution in [3.8, 4) is 0 Å². The van der Waals surface area contributed by atoms with Gasteiger partial charge in [-0.25, -0.2) is 23.5 Å². The summed E-state index contributed by atoms with van der Waals surface area (Å²) in [6.45, 7) is 4.91. The number of aromatic nitrogens is 2. The fourth-order valence-electron chi connectivity index (χ4n) is 1.24. The second kappa shape index (κ2) is 11.0. The van der Waals surface area contributed by atoms with E-state index in [0.717, 1.165) is 13.0 Å². The van der Waals surface area contributed by atoms with Crippen LogP contribution in [-0.2, 0) is 22.3 Å². The van der Waals surface area contributed by atoms with Crippen LogP contribution in [0.15, 0.2) is 28.7 Å². The van der Waals surface area contributed by atoms with Crippen LogP contribution in [0.1, 0.15) is 20.3 Å². The molecule has 17 heteroatoms. The van der Waals surface area contributed by atoms with Crippen LogP contribution >= 0.6 is 23.5 Å². The van der Waals surface area contributed by atoms with Crippen LogP contribution in [0.2, 0.25) is 0 Å². The molecule has 27 heavy (non-hydrogen) atoms. The summed E-state index contributed by atoms with van der Waals surface area (Å²) in [5.41, 5.74) is 1.00. The van der Waals surface area contributed by atoms with Crippen LogP contribution < -0.4 is 11.0 Å². The highest BCUT2D eigenvalue weighted by molar-refractivity contribution is 7.66. The lowest BCUT2D eigenvalue weighted by atomic mass is 10.2. The molecule has 1 aromatic rings. The Balaban J connectivity index is 0.000000503. The predicted octanol–water partition coefficient (Wildman–Crippen LogP) is 0.843. The number of phosphoric acid groups is 3. The van der Waals surface area contributed by atoms with Crippen molar-refractivity contribution in [1.82, 2.24) is 9.97 Å². The topological polar surface area (TPSA) is 229 Å². The van der Waals surface area contributed by atoms with E-state index in [0.29, 0.717) is 5.82 Å². The highest BCUT2D eigenvalue weighted by atomic mass is 31.3. The molecule has 156 valence electrons. The number of nitrogens with zero attached hydrogens (tertiary/aromatic N) is 1. The molecule has 1 heterocycles. The number of hydrogen-bond donors (Lipinski definition) is 7. The quantitative estimate of drug-likeness (QED) is 0.215. The average Bonchev–Trinajstić information content (AvgIpc) is 2.42. The third-order valence-corrected chi connectivity index (χ3v) is 5.75. The molecule has 1 rings (SSSR count). The van der Waals surface area contributed by atoms with Crippen molar-refractivity contribution in [2.24, 2.45) is 0 Å². The van der Waals surface area contributed by atoms with E-state index >= 15 is 0 Å². The van der Waals surface area contributed by atoms with Gasteiger partial charge in [-0.2, -0.15) is 8.62 Å².